The third-order valence-electron chi connectivity index (χ3n) is 2.31. The lowest BCUT2D eigenvalue weighted by Gasteiger charge is -2.11. The van der Waals surface area contributed by atoms with E-state index < -0.39 is 9.84 Å². The van der Waals surface area contributed by atoms with E-state index in [2.05, 4.69) is 0 Å². The number of hydrogen-bond acceptors (Lipinski definition) is 5. The highest BCUT2D eigenvalue weighted by Gasteiger charge is 2.14. The van der Waals surface area contributed by atoms with Crippen LogP contribution >= 0.6 is 0 Å². The molecule has 0 aliphatic heterocycles. The molecule has 0 radical (unpaired) electrons. The lowest BCUT2D eigenvalue weighted by atomic mass is 10.1. The molecule has 6 heteroatoms. The molecule has 19 heavy (non-hydrogen) atoms. The van der Waals surface area contributed by atoms with Gasteiger partial charge in [-0.25, -0.2) is 8.42 Å². The lowest BCUT2D eigenvalue weighted by Crippen LogP contribution is -2.00. The highest BCUT2D eigenvalue weighted by molar-refractivity contribution is 7.95. The maximum atomic E-state index is 11.4. The molecule has 0 bridgehead atoms. The van der Waals surface area contributed by atoms with Gasteiger partial charge in [-0.15, -0.1) is 0 Å². The van der Waals surface area contributed by atoms with Gasteiger partial charge in [-0.2, -0.15) is 5.26 Å². The molecule has 0 heterocycles. The van der Waals surface area contributed by atoms with Crippen LogP contribution in [0.25, 0.3) is 6.08 Å². The Labute approximate surface area is 113 Å². The van der Waals surface area contributed by atoms with Crippen molar-refractivity contribution >= 4 is 15.9 Å². The Balaban J connectivity index is 3.40. The van der Waals surface area contributed by atoms with Crippen LogP contribution < -0.4 is 9.47 Å². The summed E-state index contributed by atoms with van der Waals surface area (Å²) in [6.45, 7) is 2.29. The number of allylic oxidation sites excluding steroid dienone is 1. The second-order valence-electron chi connectivity index (χ2n) is 3.70. The van der Waals surface area contributed by atoms with Crippen molar-refractivity contribution in [3.63, 3.8) is 0 Å². The van der Waals surface area contributed by atoms with Crippen LogP contribution in [-0.2, 0) is 9.84 Å². The summed E-state index contributed by atoms with van der Waals surface area (Å²) >= 11 is 0. The minimum atomic E-state index is -3.56. The predicted octanol–water partition coefficient (Wildman–Crippen LogP) is 2.00. The Morgan fingerprint density at radius 2 is 2.16 bits per heavy atom. The standard InChI is InChI=1S/C13H15NO4S/c1-4-18-12-7-5-6-10(13(12)17-2)8-11(9-14)19(3,15)16/h5-8H,4H2,1-3H3/b11-8+. The van der Waals surface area contributed by atoms with Crippen molar-refractivity contribution in [2.45, 2.75) is 6.92 Å². The van der Waals surface area contributed by atoms with Crippen LogP contribution in [0.15, 0.2) is 23.1 Å². The molecule has 0 atom stereocenters. The number of rotatable bonds is 5. The maximum absolute atomic E-state index is 11.4. The first-order chi connectivity index (χ1) is 8.93. The number of ether oxygens (including phenoxy) is 2. The molecule has 1 aromatic carbocycles. The van der Waals surface area contributed by atoms with Gasteiger partial charge < -0.3 is 9.47 Å². The first-order valence-electron chi connectivity index (χ1n) is 5.55. The summed E-state index contributed by atoms with van der Waals surface area (Å²) < 4.78 is 33.4. The molecule has 0 saturated carbocycles. The number of nitriles is 1. The van der Waals surface area contributed by atoms with Crippen molar-refractivity contribution in [2.75, 3.05) is 20.0 Å². The average molecular weight is 281 g/mol. The fourth-order valence-corrected chi connectivity index (χ4v) is 2.00. The zero-order valence-corrected chi connectivity index (χ0v) is 11.8. The molecule has 0 amide bonds. The summed E-state index contributed by atoms with van der Waals surface area (Å²) in [7, 11) is -2.10. The SMILES string of the molecule is CCOc1cccc(/C=C(\C#N)S(C)(=O)=O)c1OC. The molecular weight excluding hydrogens is 266 g/mol. The van der Waals surface area contributed by atoms with Crippen molar-refractivity contribution < 1.29 is 17.9 Å². The summed E-state index contributed by atoms with van der Waals surface area (Å²) in [6.07, 6.45) is 2.26. The number of nitrogens with zero attached hydrogens (tertiary/aromatic N) is 1. The highest BCUT2D eigenvalue weighted by Crippen LogP contribution is 2.32. The highest BCUT2D eigenvalue weighted by atomic mass is 32.2. The zero-order chi connectivity index (χ0) is 14.5. The zero-order valence-electron chi connectivity index (χ0n) is 11.0. The van der Waals surface area contributed by atoms with E-state index in [1.165, 1.54) is 13.2 Å². The van der Waals surface area contributed by atoms with Crippen LogP contribution in [-0.4, -0.2) is 28.4 Å². The predicted molar refractivity (Wildman–Crippen MR) is 72.6 cm³/mol. The fourth-order valence-electron chi connectivity index (χ4n) is 1.50. The van der Waals surface area contributed by atoms with Gasteiger partial charge in [0, 0.05) is 11.8 Å². The van der Waals surface area contributed by atoms with E-state index in [-0.39, 0.29) is 4.91 Å². The molecule has 0 spiro atoms. The van der Waals surface area contributed by atoms with E-state index in [0.29, 0.717) is 23.7 Å². The monoisotopic (exact) mass is 281 g/mol. The normalized spacial score (nSPS) is 11.8. The smallest absolute Gasteiger partial charge is 0.185 e. The topological polar surface area (TPSA) is 76.4 Å². The summed E-state index contributed by atoms with van der Waals surface area (Å²) in [5.74, 6) is 0.908. The van der Waals surface area contributed by atoms with Crippen LogP contribution in [0, 0.1) is 11.3 Å². The van der Waals surface area contributed by atoms with Crippen molar-refractivity contribution in [1.82, 2.24) is 0 Å². The Morgan fingerprint density at radius 3 is 2.63 bits per heavy atom. The molecule has 0 saturated heterocycles. The molecule has 0 aliphatic rings. The fraction of sp³-hybridized carbons (Fsp3) is 0.308. The molecular formula is C13H15NO4S. The van der Waals surface area contributed by atoms with Crippen molar-refractivity contribution in [1.29, 1.82) is 5.26 Å². The second kappa shape index (κ2) is 6.25. The van der Waals surface area contributed by atoms with E-state index in [1.807, 2.05) is 6.92 Å². The molecule has 102 valence electrons. The van der Waals surface area contributed by atoms with Crippen molar-refractivity contribution in [3.8, 4) is 17.6 Å². The van der Waals surface area contributed by atoms with E-state index >= 15 is 0 Å². The third kappa shape index (κ3) is 3.73. The van der Waals surface area contributed by atoms with E-state index in [1.54, 1.807) is 24.3 Å². The Bertz CT molecular complexity index is 627. The molecule has 5 nitrogen and oxygen atoms in total. The number of sulfone groups is 1. The van der Waals surface area contributed by atoms with Crippen LogP contribution in [0.2, 0.25) is 0 Å². The van der Waals surface area contributed by atoms with Gasteiger partial charge in [-0.3, -0.25) is 0 Å². The quantitative estimate of drug-likeness (QED) is 0.771. The van der Waals surface area contributed by atoms with Gasteiger partial charge in [-0.05, 0) is 19.1 Å². The minimum Gasteiger partial charge on any atom is -0.492 e. The number of para-hydroxylation sites is 1. The molecule has 0 aliphatic carbocycles. The molecule has 1 rings (SSSR count). The van der Waals surface area contributed by atoms with Gasteiger partial charge in [0.05, 0.1) is 13.7 Å². The molecule has 0 aromatic heterocycles. The third-order valence-corrected chi connectivity index (χ3v) is 3.32. The van der Waals surface area contributed by atoms with Gasteiger partial charge in [0.1, 0.15) is 11.0 Å². The van der Waals surface area contributed by atoms with E-state index in [4.69, 9.17) is 14.7 Å². The van der Waals surface area contributed by atoms with Crippen LogP contribution in [0.1, 0.15) is 12.5 Å². The average Bonchev–Trinajstić information content (AvgIpc) is 2.35. The molecule has 0 unspecified atom stereocenters. The van der Waals surface area contributed by atoms with Crippen molar-refractivity contribution in [3.05, 3.63) is 28.7 Å². The van der Waals surface area contributed by atoms with Gasteiger partial charge in [0.2, 0.25) is 0 Å². The molecule has 0 fully saturated rings. The first-order valence-corrected chi connectivity index (χ1v) is 7.44. The summed E-state index contributed by atoms with van der Waals surface area (Å²) in [5.41, 5.74) is 0.482. The van der Waals surface area contributed by atoms with E-state index in [9.17, 15) is 8.42 Å². The summed E-state index contributed by atoms with van der Waals surface area (Å²) in [5, 5.41) is 8.89. The maximum Gasteiger partial charge on any atom is 0.185 e. The van der Waals surface area contributed by atoms with Crippen LogP contribution in [0.4, 0.5) is 0 Å². The van der Waals surface area contributed by atoms with Gasteiger partial charge >= 0.3 is 0 Å². The van der Waals surface area contributed by atoms with Gasteiger partial charge in [0.25, 0.3) is 0 Å². The number of hydrogen-bond donors (Lipinski definition) is 0. The van der Waals surface area contributed by atoms with E-state index in [0.717, 1.165) is 6.26 Å². The Hall–Kier alpha value is -2.00. The number of benzene rings is 1. The number of methoxy groups -OCH3 is 1. The lowest BCUT2D eigenvalue weighted by molar-refractivity contribution is 0.310. The van der Waals surface area contributed by atoms with Crippen molar-refractivity contribution in [2.24, 2.45) is 0 Å². The van der Waals surface area contributed by atoms with Crippen LogP contribution in [0.3, 0.4) is 0 Å². The van der Waals surface area contributed by atoms with Gasteiger partial charge in [0.15, 0.2) is 21.3 Å². The molecule has 1 aromatic rings. The molecule has 0 N–H and O–H groups in total. The largest absolute Gasteiger partial charge is 0.492 e. The van der Waals surface area contributed by atoms with Crippen LogP contribution in [0.5, 0.6) is 11.5 Å². The minimum absolute atomic E-state index is 0.320. The first kappa shape index (κ1) is 15.1. The Kier molecular flexibility index (Phi) is 4.95. The second-order valence-corrected chi connectivity index (χ2v) is 5.69. The Morgan fingerprint density at radius 1 is 1.47 bits per heavy atom. The van der Waals surface area contributed by atoms with Gasteiger partial charge in [-0.1, -0.05) is 12.1 Å². The summed E-state index contributed by atoms with van der Waals surface area (Å²) in [4.78, 5) is -0.320. The summed E-state index contributed by atoms with van der Waals surface area (Å²) in [6, 6.07) is 6.75.